The summed E-state index contributed by atoms with van der Waals surface area (Å²) >= 11 is 0. The molecule has 0 saturated heterocycles. The van der Waals surface area contributed by atoms with Crippen LogP contribution >= 0.6 is 0 Å². The van der Waals surface area contributed by atoms with Gasteiger partial charge in [-0.15, -0.1) is 0 Å². The van der Waals surface area contributed by atoms with Crippen LogP contribution < -0.4 is 5.73 Å². The maximum Gasteiger partial charge on any atom is 0.195 e. The van der Waals surface area contributed by atoms with Crippen LogP contribution in [0.25, 0.3) is 11.1 Å². The molecule has 1 heterocycles. The zero-order valence-corrected chi connectivity index (χ0v) is 10.1. The maximum atomic E-state index is 5.93. The summed E-state index contributed by atoms with van der Waals surface area (Å²) in [6, 6.07) is 6.04. The molecule has 0 aliphatic rings. The van der Waals surface area contributed by atoms with Crippen LogP contribution in [0.3, 0.4) is 0 Å². The molecule has 0 spiro atoms. The zero-order chi connectivity index (χ0) is 11.8. The van der Waals surface area contributed by atoms with Crippen molar-refractivity contribution in [1.29, 1.82) is 0 Å². The lowest BCUT2D eigenvalue weighted by atomic mass is 10.0. The highest BCUT2D eigenvalue weighted by atomic mass is 16.3. The van der Waals surface area contributed by atoms with E-state index in [-0.39, 0.29) is 5.54 Å². The Bertz CT molecular complexity index is 494. The Morgan fingerprint density at radius 1 is 1.38 bits per heavy atom. The molecule has 0 radical (unpaired) electrons. The number of oxazole rings is 1. The highest BCUT2D eigenvalue weighted by Crippen LogP contribution is 2.19. The summed E-state index contributed by atoms with van der Waals surface area (Å²) in [6.07, 6.45) is 1.66. The Morgan fingerprint density at radius 3 is 2.81 bits per heavy atom. The third-order valence-corrected chi connectivity index (χ3v) is 2.57. The van der Waals surface area contributed by atoms with Crippen LogP contribution in [0.1, 0.15) is 31.7 Å². The van der Waals surface area contributed by atoms with Crippen LogP contribution in [0.2, 0.25) is 0 Å². The number of rotatable bonds is 3. The smallest absolute Gasteiger partial charge is 0.195 e. The van der Waals surface area contributed by atoms with Crippen molar-refractivity contribution in [1.82, 2.24) is 4.98 Å². The van der Waals surface area contributed by atoms with Gasteiger partial charge in [0, 0.05) is 12.0 Å². The minimum absolute atomic E-state index is 0.170. The molecule has 0 unspecified atom stereocenters. The molecule has 0 fully saturated rings. The molecular formula is C13H18N2O. The van der Waals surface area contributed by atoms with Crippen LogP contribution in [0.5, 0.6) is 0 Å². The molecule has 2 aromatic rings. The molecule has 0 amide bonds. The summed E-state index contributed by atoms with van der Waals surface area (Å²) in [5.41, 5.74) is 8.75. The van der Waals surface area contributed by atoms with Crippen molar-refractivity contribution in [2.24, 2.45) is 5.73 Å². The van der Waals surface area contributed by atoms with E-state index >= 15 is 0 Å². The first-order valence-electron chi connectivity index (χ1n) is 5.59. The van der Waals surface area contributed by atoms with Gasteiger partial charge in [-0.25, -0.2) is 4.98 Å². The lowest BCUT2D eigenvalue weighted by molar-refractivity contribution is 0.435. The second-order valence-corrected chi connectivity index (χ2v) is 5.07. The fourth-order valence-corrected chi connectivity index (χ4v) is 1.62. The van der Waals surface area contributed by atoms with E-state index in [1.165, 1.54) is 5.56 Å². The van der Waals surface area contributed by atoms with Gasteiger partial charge < -0.3 is 10.2 Å². The Kier molecular flexibility index (Phi) is 2.72. The monoisotopic (exact) mass is 218 g/mol. The average molecular weight is 218 g/mol. The summed E-state index contributed by atoms with van der Waals surface area (Å²) in [4.78, 5) is 4.45. The number of hydrogen-bond donors (Lipinski definition) is 1. The minimum Gasteiger partial charge on any atom is -0.441 e. The maximum absolute atomic E-state index is 5.93. The number of nitrogens with two attached hydrogens (primary N) is 1. The van der Waals surface area contributed by atoms with Gasteiger partial charge in [-0.2, -0.15) is 0 Å². The minimum atomic E-state index is -0.170. The summed E-state index contributed by atoms with van der Waals surface area (Å²) < 4.78 is 5.65. The number of benzene rings is 1. The lowest BCUT2D eigenvalue weighted by Crippen LogP contribution is -2.32. The van der Waals surface area contributed by atoms with Crippen LogP contribution in [-0.2, 0) is 6.42 Å². The molecule has 1 aromatic heterocycles. The van der Waals surface area contributed by atoms with Crippen molar-refractivity contribution >= 4 is 11.1 Å². The molecule has 0 atom stereocenters. The predicted octanol–water partition coefficient (Wildman–Crippen LogP) is 2.81. The molecular weight excluding hydrogens is 200 g/mol. The fraction of sp³-hybridized carbons (Fsp3) is 0.462. The van der Waals surface area contributed by atoms with Crippen molar-refractivity contribution < 1.29 is 4.42 Å². The van der Waals surface area contributed by atoms with Crippen LogP contribution in [0.4, 0.5) is 0 Å². The van der Waals surface area contributed by atoms with E-state index < -0.39 is 0 Å². The first-order chi connectivity index (χ1) is 7.44. The first-order valence-corrected chi connectivity index (χ1v) is 5.59. The number of hydrogen-bond acceptors (Lipinski definition) is 3. The molecule has 3 nitrogen and oxygen atoms in total. The van der Waals surface area contributed by atoms with Gasteiger partial charge in [0.2, 0.25) is 0 Å². The third-order valence-electron chi connectivity index (χ3n) is 2.57. The molecule has 0 saturated carbocycles. The van der Waals surface area contributed by atoms with E-state index in [2.05, 4.69) is 11.9 Å². The van der Waals surface area contributed by atoms with Crippen molar-refractivity contribution in [2.75, 3.05) is 0 Å². The summed E-state index contributed by atoms with van der Waals surface area (Å²) in [6.45, 7) is 6.08. The van der Waals surface area contributed by atoms with Gasteiger partial charge >= 0.3 is 0 Å². The molecule has 2 N–H and O–H groups in total. The third kappa shape index (κ3) is 2.61. The zero-order valence-electron chi connectivity index (χ0n) is 10.1. The second-order valence-electron chi connectivity index (χ2n) is 5.07. The lowest BCUT2D eigenvalue weighted by Gasteiger charge is -2.16. The van der Waals surface area contributed by atoms with Crippen molar-refractivity contribution in [3.8, 4) is 0 Å². The van der Waals surface area contributed by atoms with Gasteiger partial charge in [0.15, 0.2) is 11.5 Å². The van der Waals surface area contributed by atoms with Gasteiger partial charge in [0.05, 0.1) is 0 Å². The van der Waals surface area contributed by atoms with Crippen LogP contribution in [-0.4, -0.2) is 10.5 Å². The molecule has 3 heteroatoms. The van der Waals surface area contributed by atoms with Gasteiger partial charge in [0.1, 0.15) is 5.52 Å². The summed E-state index contributed by atoms with van der Waals surface area (Å²) in [5, 5.41) is 0. The average Bonchev–Trinajstić information content (AvgIpc) is 2.55. The van der Waals surface area contributed by atoms with Crippen molar-refractivity contribution in [2.45, 2.75) is 39.2 Å². The van der Waals surface area contributed by atoms with E-state index in [1.54, 1.807) is 0 Å². The summed E-state index contributed by atoms with van der Waals surface area (Å²) in [5.74, 6) is 0.777. The number of fused-ring (bicyclic) bond motifs is 1. The molecule has 1 aromatic carbocycles. The van der Waals surface area contributed by atoms with Crippen LogP contribution in [0, 0.1) is 6.92 Å². The molecule has 0 aliphatic heterocycles. The van der Waals surface area contributed by atoms with Crippen LogP contribution in [0.15, 0.2) is 22.6 Å². The highest BCUT2D eigenvalue weighted by molar-refractivity contribution is 5.73. The largest absolute Gasteiger partial charge is 0.441 e. The quantitative estimate of drug-likeness (QED) is 0.861. The fourth-order valence-electron chi connectivity index (χ4n) is 1.62. The Hall–Kier alpha value is -1.35. The Balaban J connectivity index is 2.20. The highest BCUT2D eigenvalue weighted by Gasteiger charge is 2.13. The molecule has 16 heavy (non-hydrogen) atoms. The molecule has 0 aliphatic carbocycles. The summed E-state index contributed by atoms with van der Waals surface area (Å²) in [7, 11) is 0. The number of aromatic nitrogens is 1. The molecule has 2 rings (SSSR count). The van der Waals surface area contributed by atoms with Gasteiger partial charge in [-0.05, 0) is 44.9 Å². The van der Waals surface area contributed by atoms with E-state index in [9.17, 15) is 0 Å². The van der Waals surface area contributed by atoms with E-state index in [0.717, 1.165) is 29.8 Å². The Morgan fingerprint density at radius 2 is 2.12 bits per heavy atom. The van der Waals surface area contributed by atoms with E-state index in [1.807, 2.05) is 32.0 Å². The second kappa shape index (κ2) is 3.91. The van der Waals surface area contributed by atoms with Gasteiger partial charge in [-0.3, -0.25) is 0 Å². The van der Waals surface area contributed by atoms with Crippen molar-refractivity contribution in [3.63, 3.8) is 0 Å². The molecule has 86 valence electrons. The standard InChI is InChI=1S/C13H18N2O/c1-9-4-5-11-10(8-9)15-12(16-11)6-7-13(2,3)14/h4-5,8H,6-7,14H2,1-3H3. The first kappa shape index (κ1) is 11.1. The molecule has 0 bridgehead atoms. The van der Waals surface area contributed by atoms with E-state index in [0.29, 0.717) is 0 Å². The van der Waals surface area contributed by atoms with Gasteiger partial charge in [0.25, 0.3) is 0 Å². The normalized spacial score (nSPS) is 12.2. The van der Waals surface area contributed by atoms with E-state index in [4.69, 9.17) is 10.2 Å². The topological polar surface area (TPSA) is 52.0 Å². The Labute approximate surface area is 95.7 Å². The van der Waals surface area contributed by atoms with Gasteiger partial charge in [-0.1, -0.05) is 6.07 Å². The predicted molar refractivity (Wildman–Crippen MR) is 65.3 cm³/mol. The number of aryl methyl sites for hydroxylation is 2. The number of nitrogens with zero attached hydrogens (tertiary/aromatic N) is 1. The van der Waals surface area contributed by atoms with Crippen molar-refractivity contribution in [3.05, 3.63) is 29.7 Å². The SMILES string of the molecule is Cc1ccc2oc(CCC(C)(C)N)nc2c1.